The maximum Gasteiger partial charge on any atom is 0.127 e. The molecule has 1 N–H and O–H groups in total. The minimum absolute atomic E-state index is 0.371. The molecule has 1 atom stereocenters. The van der Waals surface area contributed by atoms with Crippen LogP contribution < -0.4 is 14.8 Å². The molecule has 15 heavy (non-hydrogen) atoms. The van der Waals surface area contributed by atoms with Gasteiger partial charge >= 0.3 is 0 Å². The molecule has 0 saturated carbocycles. The molecule has 2 rings (SSSR count). The summed E-state index contributed by atoms with van der Waals surface area (Å²) in [6.07, 6.45) is 2.36. The molecule has 0 amide bonds. The molecule has 3 heteroatoms. The molecule has 0 radical (unpaired) electrons. The molecule has 1 fully saturated rings. The van der Waals surface area contributed by atoms with Gasteiger partial charge in [-0.05, 0) is 31.5 Å². The predicted molar refractivity (Wildman–Crippen MR) is 59.5 cm³/mol. The molecule has 1 aromatic rings. The molecular formula is C12H17NO2. The Morgan fingerprint density at radius 2 is 1.87 bits per heavy atom. The number of hydrogen-bond donors (Lipinski definition) is 1. The number of nitrogens with one attached hydrogen (secondary N) is 1. The summed E-state index contributed by atoms with van der Waals surface area (Å²) in [5.41, 5.74) is 1.15. The van der Waals surface area contributed by atoms with Gasteiger partial charge in [-0.25, -0.2) is 0 Å². The second kappa shape index (κ2) is 4.53. The number of benzene rings is 1. The molecule has 1 heterocycles. The van der Waals surface area contributed by atoms with E-state index in [2.05, 4.69) is 5.32 Å². The van der Waals surface area contributed by atoms with Crippen molar-refractivity contribution in [2.45, 2.75) is 18.9 Å². The highest BCUT2D eigenvalue weighted by Gasteiger charge is 2.23. The van der Waals surface area contributed by atoms with E-state index in [1.807, 2.05) is 18.2 Å². The first-order chi connectivity index (χ1) is 7.36. The third-order valence-electron chi connectivity index (χ3n) is 2.87. The Morgan fingerprint density at radius 1 is 1.20 bits per heavy atom. The van der Waals surface area contributed by atoms with Crippen LogP contribution in [0.2, 0.25) is 0 Å². The van der Waals surface area contributed by atoms with Crippen LogP contribution in [0.15, 0.2) is 18.2 Å². The van der Waals surface area contributed by atoms with E-state index >= 15 is 0 Å². The molecule has 1 aliphatic rings. The Bertz CT molecular complexity index is 310. The lowest BCUT2D eigenvalue weighted by atomic mass is 10.0. The van der Waals surface area contributed by atoms with Gasteiger partial charge in [0.1, 0.15) is 11.5 Å². The molecule has 0 aromatic heterocycles. The summed E-state index contributed by atoms with van der Waals surface area (Å²) < 4.78 is 10.8. The fourth-order valence-electron chi connectivity index (χ4n) is 2.15. The van der Waals surface area contributed by atoms with E-state index in [9.17, 15) is 0 Å². The fraction of sp³-hybridized carbons (Fsp3) is 0.500. The summed E-state index contributed by atoms with van der Waals surface area (Å²) in [7, 11) is 3.40. The second-order valence-electron chi connectivity index (χ2n) is 3.73. The molecular weight excluding hydrogens is 190 g/mol. The average Bonchev–Trinajstić information content (AvgIpc) is 2.81. The van der Waals surface area contributed by atoms with Crippen molar-refractivity contribution < 1.29 is 9.47 Å². The predicted octanol–water partition coefficient (Wildman–Crippen LogP) is 2.13. The number of methoxy groups -OCH3 is 2. The standard InChI is InChI=1S/C12H17NO2/c1-14-10-6-3-7-11(15-2)12(10)9-5-4-8-13-9/h3,6-7,9,13H,4-5,8H2,1-2H3. The lowest BCUT2D eigenvalue weighted by Crippen LogP contribution is -2.14. The molecule has 1 saturated heterocycles. The lowest BCUT2D eigenvalue weighted by molar-refractivity contribution is 0.375. The van der Waals surface area contributed by atoms with Crippen molar-refractivity contribution >= 4 is 0 Å². The maximum atomic E-state index is 5.38. The molecule has 0 spiro atoms. The summed E-state index contributed by atoms with van der Waals surface area (Å²) in [4.78, 5) is 0. The van der Waals surface area contributed by atoms with E-state index in [0.717, 1.165) is 30.0 Å². The average molecular weight is 207 g/mol. The molecule has 82 valence electrons. The van der Waals surface area contributed by atoms with Crippen molar-refractivity contribution in [2.24, 2.45) is 0 Å². The van der Waals surface area contributed by atoms with Crippen LogP contribution in [0.1, 0.15) is 24.4 Å². The molecule has 0 aliphatic carbocycles. The van der Waals surface area contributed by atoms with Gasteiger partial charge in [-0.2, -0.15) is 0 Å². The van der Waals surface area contributed by atoms with Crippen molar-refractivity contribution in [1.82, 2.24) is 5.32 Å². The summed E-state index contributed by atoms with van der Waals surface area (Å²) >= 11 is 0. The highest BCUT2D eigenvalue weighted by atomic mass is 16.5. The third kappa shape index (κ3) is 1.92. The quantitative estimate of drug-likeness (QED) is 0.823. The van der Waals surface area contributed by atoms with Gasteiger partial charge in [0.25, 0.3) is 0 Å². The molecule has 3 nitrogen and oxygen atoms in total. The molecule has 1 aromatic carbocycles. The first-order valence-electron chi connectivity index (χ1n) is 5.31. The topological polar surface area (TPSA) is 30.5 Å². The zero-order valence-electron chi connectivity index (χ0n) is 9.25. The van der Waals surface area contributed by atoms with Crippen LogP contribution in [0.3, 0.4) is 0 Å². The Labute approximate surface area is 90.4 Å². The molecule has 0 bridgehead atoms. The zero-order valence-corrected chi connectivity index (χ0v) is 9.25. The normalized spacial score (nSPS) is 20.3. The van der Waals surface area contributed by atoms with Crippen LogP contribution in [0.25, 0.3) is 0 Å². The van der Waals surface area contributed by atoms with Gasteiger partial charge in [0.15, 0.2) is 0 Å². The van der Waals surface area contributed by atoms with Crippen LogP contribution in [-0.2, 0) is 0 Å². The second-order valence-corrected chi connectivity index (χ2v) is 3.73. The van der Waals surface area contributed by atoms with Crippen LogP contribution in [0, 0.1) is 0 Å². The number of rotatable bonds is 3. The summed E-state index contributed by atoms with van der Waals surface area (Å²) in [5.74, 6) is 1.82. The van der Waals surface area contributed by atoms with Gasteiger partial charge in [0.2, 0.25) is 0 Å². The Kier molecular flexibility index (Phi) is 3.11. The first kappa shape index (κ1) is 10.3. The van der Waals surface area contributed by atoms with Crippen LogP contribution in [0.5, 0.6) is 11.5 Å². The zero-order chi connectivity index (χ0) is 10.7. The Hall–Kier alpha value is -1.22. The summed E-state index contributed by atoms with van der Waals surface area (Å²) in [6, 6.07) is 6.29. The fourth-order valence-corrected chi connectivity index (χ4v) is 2.15. The maximum absolute atomic E-state index is 5.38. The summed E-state index contributed by atoms with van der Waals surface area (Å²) in [6.45, 7) is 1.08. The highest BCUT2D eigenvalue weighted by molar-refractivity contribution is 5.47. The first-order valence-corrected chi connectivity index (χ1v) is 5.31. The smallest absolute Gasteiger partial charge is 0.127 e. The third-order valence-corrected chi connectivity index (χ3v) is 2.87. The van der Waals surface area contributed by atoms with Gasteiger partial charge in [0, 0.05) is 6.04 Å². The van der Waals surface area contributed by atoms with Crippen molar-refractivity contribution in [2.75, 3.05) is 20.8 Å². The van der Waals surface area contributed by atoms with Crippen molar-refractivity contribution in [3.8, 4) is 11.5 Å². The van der Waals surface area contributed by atoms with Crippen molar-refractivity contribution in [1.29, 1.82) is 0 Å². The Morgan fingerprint density at radius 3 is 2.33 bits per heavy atom. The van der Waals surface area contributed by atoms with Gasteiger partial charge < -0.3 is 14.8 Å². The Balaban J connectivity index is 2.39. The highest BCUT2D eigenvalue weighted by Crippen LogP contribution is 2.37. The summed E-state index contributed by atoms with van der Waals surface area (Å²) in [5, 5.41) is 3.46. The minimum Gasteiger partial charge on any atom is -0.496 e. The van der Waals surface area contributed by atoms with Crippen LogP contribution in [-0.4, -0.2) is 20.8 Å². The largest absolute Gasteiger partial charge is 0.496 e. The van der Waals surface area contributed by atoms with Gasteiger partial charge in [-0.15, -0.1) is 0 Å². The SMILES string of the molecule is COc1cccc(OC)c1C1CCCN1. The van der Waals surface area contributed by atoms with Crippen LogP contribution >= 0.6 is 0 Å². The van der Waals surface area contributed by atoms with E-state index in [0.29, 0.717) is 6.04 Å². The van der Waals surface area contributed by atoms with Gasteiger partial charge in [0.05, 0.1) is 19.8 Å². The van der Waals surface area contributed by atoms with Gasteiger partial charge in [-0.3, -0.25) is 0 Å². The van der Waals surface area contributed by atoms with E-state index in [-0.39, 0.29) is 0 Å². The van der Waals surface area contributed by atoms with E-state index in [1.54, 1.807) is 14.2 Å². The van der Waals surface area contributed by atoms with Crippen LogP contribution in [0.4, 0.5) is 0 Å². The lowest BCUT2D eigenvalue weighted by Gasteiger charge is -2.18. The number of hydrogen-bond acceptors (Lipinski definition) is 3. The van der Waals surface area contributed by atoms with Crippen molar-refractivity contribution in [3.05, 3.63) is 23.8 Å². The van der Waals surface area contributed by atoms with Crippen molar-refractivity contribution in [3.63, 3.8) is 0 Å². The van der Waals surface area contributed by atoms with E-state index in [1.165, 1.54) is 6.42 Å². The molecule has 1 aliphatic heterocycles. The molecule has 1 unspecified atom stereocenters. The number of ether oxygens (including phenoxy) is 2. The monoisotopic (exact) mass is 207 g/mol. The van der Waals surface area contributed by atoms with E-state index < -0.39 is 0 Å². The van der Waals surface area contributed by atoms with Gasteiger partial charge in [-0.1, -0.05) is 6.07 Å². The van der Waals surface area contributed by atoms with E-state index in [4.69, 9.17) is 9.47 Å². The minimum atomic E-state index is 0.371.